The average molecular weight is 291 g/mol. The van der Waals surface area contributed by atoms with Gasteiger partial charge in [-0.3, -0.25) is 9.55 Å². The maximum atomic E-state index is 11.8. The van der Waals surface area contributed by atoms with E-state index in [0.29, 0.717) is 6.04 Å². The van der Waals surface area contributed by atoms with Gasteiger partial charge in [0.05, 0.1) is 5.25 Å². The lowest BCUT2D eigenvalue weighted by Gasteiger charge is -2.20. The van der Waals surface area contributed by atoms with E-state index < -0.39 is 0 Å². The first-order valence-electron chi connectivity index (χ1n) is 6.66. The Kier molecular flexibility index (Phi) is 3.62. The van der Waals surface area contributed by atoms with Crippen molar-refractivity contribution < 1.29 is 0 Å². The summed E-state index contributed by atoms with van der Waals surface area (Å²) in [6.45, 7) is 1.96. The Hall–Kier alpha value is -1.60. The molecular formula is C13H17N5OS. The van der Waals surface area contributed by atoms with Gasteiger partial charge < -0.3 is 5.73 Å². The van der Waals surface area contributed by atoms with Crippen molar-refractivity contribution >= 4 is 11.8 Å². The van der Waals surface area contributed by atoms with Crippen molar-refractivity contribution in [3.63, 3.8) is 0 Å². The second kappa shape index (κ2) is 5.41. The van der Waals surface area contributed by atoms with E-state index in [1.165, 1.54) is 11.8 Å². The van der Waals surface area contributed by atoms with Crippen LogP contribution in [0.15, 0.2) is 34.5 Å². The fraction of sp³-hybridized carbons (Fsp3) is 0.462. The largest absolute Gasteiger partial charge is 0.344 e. The van der Waals surface area contributed by atoms with Crippen LogP contribution in [0.4, 0.5) is 0 Å². The molecule has 1 aliphatic rings. The normalized spacial score (nSPS) is 17.9. The van der Waals surface area contributed by atoms with Crippen LogP contribution in [-0.2, 0) is 0 Å². The molecule has 0 saturated heterocycles. The molecule has 6 nitrogen and oxygen atoms in total. The molecular weight excluding hydrogens is 274 g/mol. The van der Waals surface area contributed by atoms with Gasteiger partial charge in [0.25, 0.3) is 0 Å². The molecule has 0 aromatic carbocycles. The zero-order valence-corrected chi connectivity index (χ0v) is 12.0. The smallest absolute Gasteiger partial charge is 0.327 e. The van der Waals surface area contributed by atoms with Gasteiger partial charge in [0, 0.05) is 24.5 Å². The number of hydrogen-bond donors (Lipinski definition) is 2. The minimum absolute atomic E-state index is 0.0469. The van der Waals surface area contributed by atoms with E-state index in [0.717, 1.165) is 23.6 Å². The van der Waals surface area contributed by atoms with Gasteiger partial charge in [-0.1, -0.05) is 11.8 Å². The molecule has 1 aliphatic carbocycles. The third-order valence-corrected chi connectivity index (χ3v) is 4.78. The van der Waals surface area contributed by atoms with Crippen LogP contribution in [0.2, 0.25) is 0 Å². The Balaban J connectivity index is 1.89. The fourth-order valence-electron chi connectivity index (χ4n) is 2.17. The molecule has 2 unspecified atom stereocenters. The maximum absolute atomic E-state index is 11.8. The molecule has 0 radical (unpaired) electrons. The summed E-state index contributed by atoms with van der Waals surface area (Å²) in [5.41, 5.74) is 7.06. The summed E-state index contributed by atoms with van der Waals surface area (Å²) in [6.07, 6.45) is 5.60. The van der Waals surface area contributed by atoms with E-state index in [1.54, 1.807) is 17.0 Å². The van der Waals surface area contributed by atoms with Crippen molar-refractivity contribution in [2.75, 3.05) is 0 Å². The topological polar surface area (TPSA) is 89.6 Å². The number of nitrogens with zero attached hydrogens (tertiary/aromatic N) is 3. The van der Waals surface area contributed by atoms with E-state index in [1.807, 2.05) is 19.1 Å². The highest BCUT2D eigenvalue weighted by Crippen LogP contribution is 2.40. The molecule has 20 heavy (non-hydrogen) atoms. The Bertz CT molecular complexity index is 632. The molecule has 0 bridgehead atoms. The van der Waals surface area contributed by atoms with Crippen molar-refractivity contribution in [3.8, 4) is 0 Å². The Labute approximate surface area is 120 Å². The number of pyridine rings is 1. The molecule has 0 amide bonds. The molecule has 0 aliphatic heterocycles. The summed E-state index contributed by atoms with van der Waals surface area (Å²) in [5.74, 6) is 0. The van der Waals surface area contributed by atoms with Crippen molar-refractivity contribution in [2.45, 2.75) is 42.3 Å². The molecule has 106 valence electrons. The lowest BCUT2D eigenvalue weighted by molar-refractivity contribution is 0.636. The lowest BCUT2D eigenvalue weighted by Crippen LogP contribution is -2.23. The lowest BCUT2D eigenvalue weighted by atomic mass is 10.1. The van der Waals surface area contributed by atoms with Crippen LogP contribution >= 0.6 is 11.8 Å². The summed E-state index contributed by atoms with van der Waals surface area (Å²) in [6, 6.07) is 4.15. The first kappa shape index (κ1) is 13.4. The van der Waals surface area contributed by atoms with Crippen LogP contribution in [0, 0.1) is 0 Å². The molecule has 7 heteroatoms. The standard InChI is InChI=1S/C13H17N5OS/c1-8(14)11(9-4-6-15-7-5-9)20-13-17-16-12(19)18(13)10-2-3-10/h4-8,10-11H,2-3,14H2,1H3,(H,16,19). The van der Waals surface area contributed by atoms with E-state index in [-0.39, 0.29) is 17.0 Å². The predicted octanol–water partition coefficient (Wildman–Crippen LogP) is 1.48. The summed E-state index contributed by atoms with van der Waals surface area (Å²) in [7, 11) is 0. The van der Waals surface area contributed by atoms with Gasteiger partial charge in [0.15, 0.2) is 5.16 Å². The van der Waals surface area contributed by atoms with Gasteiger partial charge in [0.2, 0.25) is 0 Å². The molecule has 2 aromatic heterocycles. The predicted molar refractivity (Wildman–Crippen MR) is 77.6 cm³/mol. The van der Waals surface area contributed by atoms with Crippen LogP contribution in [-0.4, -0.2) is 25.8 Å². The Morgan fingerprint density at radius 3 is 2.75 bits per heavy atom. The van der Waals surface area contributed by atoms with Crippen LogP contribution < -0.4 is 11.4 Å². The highest BCUT2D eigenvalue weighted by molar-refractivity contribution is 7.99. The van der Waals surface area contributed by atoms with Gasteiger partial charge in [-0.05, 0) is 37.5 Å². The van der Waals surface area contributed by atoms with Crippen LogP contribution in [0.3, 0.4) is 0 Å². The van der Waals surface area contributed by atoms with Crippen LogP contribution in [0.5, 0.6) is 0 Å². The van der Waals surface area contributed by atoms with Crippen molar-refractivity contribution in [1.82, 2.24) is 19.7 Å². The van der Waals surface area contributed by atoms with Crippen LogP contribution in [0.25, 0.3) is 0 Å². The number of rotatable bonds is 5. The zero-order valence-electron chi connectivity index (χ0n) is 11.2. The third kappa shape index (κ3) is 2.64. The molecule has 2 heterocycles. The van der Waals surface area contributed by atoms with E-state index in [9.17, 15) is 4.79 Å². The minimum Gasteiger partial charge on any atom is -0.327 e. The molecule has 2 aromatic rings. The summed E-state index contributed by atoms with van der Waals surface area (Å²) >= 11 is 1.53. The SMILES string of the molecule is CC(N)C(Sc1n[nH]c(=O)n1C1CC1)c1ccncc1. The second-order valence-corrected chi connectivity index (χ2v) is 6.20. The molecule has 2 atom stereocenters. The number of H-pyrrole nitrogens is 1. The van der Waals surface area contributed by atoms with Crippen molar-refractivity contribution in [1.29, 1.82) is 0 Å². The fourth-order valence-corrected chi connectivity index (χ4v) is 3.35. The Morgan fingerprint density at radius 1 is 1.45 bits per heavy atom. The van der Waals surface area contributed by atoms with Gasteiger partial charge in [0.1, 0.15) is 0 Å². The summed E-state index contributed by atoms with van der Waals surface area (Å²) in [5, 5.41) is 7.45. The highest BCUT2D eigenvalue weighted by Gasteiger charge is 2.30. The molecule has 1 saturated carbocycles. The van der Waals surface area contributed by atoms with E-state index in [2.05, 4.69) is 15.2 Å². The highest BCUT2D eigenvalue weighted by atomic mass is 32.2. The molecule has 3 N–H and O–H groups in total. The number of thioether (sulfide) groups is 1. The quantitative estimate of drug-likeness (QED) is 0.814. The number of aromatic amines is 1. The molecule has 1 fully saturated rings. The number of nitrogens with one attached hydrogen (secondary N) is 1. The first-order chi connectivity index (χ1) is 9.66. The minimum atomic E-state index is -0.131. The molecule has 0 spiro atoms. The first-order valence-corrected chi connectivity index (χ1v) is 7.54. The maximum Gasteiger partial charge on any atom is 0.344 e. The van der Waals surface area contributed by atoms with E-state index in [4.69, 9.17) is 5.73 Å². The van der Waals surface area contributed by atoms with E-state index >= 15 is 0 Å². The third-order valence-electron chi connectivity index (χ3n) is 3.33. The van der Waals surface area contributed by atoms with Crippen molar-refractivity contribution in [2.24, 2.45) is 5.73 Å². The van der Waals surface area contributed by atoms with Crippen molar-refractivity contribution in [3.05, 3.63) is 40.6 Å². The van der Waals surface area contributed by atoms with Gasteiger partial charge in [-0.15, -0.1) is 5.10 Å². The second-order valence-electron chi connectivity index (χ2n) is 5.09. The average Bonchev–Trinajstić information content (AvgIpc) is 3.21. The summed E-state index contributed by atoms with van der Waals surface area (Å²) < 4.78 is 1.75. The van der Waals surface area contributed by atoms with Gasteiger partial charge in [-0.2, -0.15) is 0 Å². The van der Waals surface area contributed by atoms with Crippen LogP contribution in [0.1, 0.15) is 36.6 Å². The number of nitrogens with two attached hydrogens (primary N) is 1. The number of hydrogen-bond acceptors (Lipinski definition) is 5. The number of aromatic nitrogens is 4. The Morgan fingerprint density at radius 2 is 2.15 bits per heavy atom. The van der Waals surface area contributed by atoms with Gasteiger partial charge in [-0.25, -0.2) is 9.89 Å². The molecule has 3 rings (SSSR count). The van der Waals surface area contributed by atoms with Gasteiger partial charge >= 0.3 is 5.69 Å². The zero-order chi connectivity index (χ0) is 14.1. The summed E-state index contributed by atoms with van der Waals surface area (Å²) in [4.78, 5) is 15.8. The monoisotopic (exact) mass is 291 g/mol.